The quantitative estimate of drug-likeness (QED) is 0.611. The third kappa shape index (κ3) is 4.71. The van der Waals surface area contributed by atoms with E-state index in [0.29, 0.717) is 11.6 Å². The molecule has 2 atom stereocenters. The predicted octanol–water partition coefficient (Wildman–Crippen LogP) is 4.11. The number of nitrogens with zero attached hydrogens (tertiary/aromatic N) is 1. The number of carboxylic acid groups (broad SMARTS) is 1. The zero-order valence-electron chi connectivity index (χ0n) is 16.7. The van der Waals surface area contributed by atoms with Crippen molar-refractivity contribution in [3.05, 3.63) is 74.3 Å². The van der Waals surface area contributed by atoms with Gasteiger partial charge in [0.05, 0.1) is 18.8 Å². The molecular formula is C23H25Cl2NO4. The van der Waals surface area contributed by atoms with E-state index >= 15 is 0 Å². The lowest BCUT2D eigenvalue weighted by atomic mass is 9.92. The molecule has 2 unspecified atom stereocenters. The minimum absolute atomic E-state index is 0.0436. The Morgan fingerprint density at radius 2 is 1.97 bits per heavy atom. The van der Waals surface area contributed by atoms with E-state index in [2.05, 4.69) is 11.0 Å². The van der Waals surface area contributed by atoms with Crippen LogP contribution in [-0.2, 0) is 11.2 Å². The largest absolute Gasteiger partial charge is 0.483 e. The highest BCUT2D eigenvalue weighted by molar-refractivity contribution is 6.31. The lowest BCUT2D eigenvalue weighted by Gasteiger charge is -2.37. The van der Waals surface area contributed by atoms with Crippen molar-refractivity contribution in [2.45, 2.75) is 31.9 Å². The Balaban J connectivity index is 0.000000806. The molecule has 4 rings (SSSR count). The van der Waals surface area contributed by atoms with E-state index in [0.717, 1.165) is 35.5 Å². The van der Waals surface area contributed by atoms with E-state index in [1.807, 2.05) is 37.3 Å². The maximum atomic E-state index is 10.7. The molecule has 1 aliphatic heterocycles. The molecule has 7 heteroatoms. The topological polar surface area (TPSA) is 81.0 Å². The van der Waals surface area contributed by atoms with Gasteiger partial charge in [-0.1, -0.05) is 41.4 Å². The molecule has 0 amide bonds. The molecule has 2 aliphatic rings. The normalized spacial score (nSPS) is 18.9. The molecule has 2 aromatic rings. The van der Waals surface area contributed by atoms with Crippen molar-refractivity contribution in [3.63, 3.8) is 0 Å². The van der Waals surface area contributed by atoms with Crippen molar-refractivity contribution >= 4 is 35.2 Å². The van der Waals surface area contributed by atoms with E-state index in [1.165, 1.54) is 22.3 Å². The van der Waals surface area contributed by atoms with Gasteiger partial charge in [0.2, 0.25) is 0 Å². The zero-order valence-corrected chi connectivity index (χ0v) is 18.2. The highest BCUT2D eigenvalue weighted by atomic mass is 35.5. The number of aliphatic hydroxyl groups excluding tert-OH is 2. The average Bonchev–Trinajstić information content (AvgIpc) is 3.08. The van der Waals surface area contributed by atoms with Crippen LogP contribution in [0.1, 0.15) is 34.8 Å². The van der Waals surface area contributed by atoms with Crippen LogP contribution in [0.3, 0.4) is 0 Å². The lowest BCUT2D eigenvalue weighted by Crippen LogP contribution is -2.45. The second-order valence-electron chi connectivity index (χ2n) is 7.56. The number of rotatable bonds is 4. The molecule has 1 heterocycles. The van der Waals surface area contributed by atoms with E-state index in [4.69, 9.17) is 33.1 Å². The minimum atomic E-state index is -0.641. The Labute approximate surface area is 186 Å². The summed E-state index contributed by atoms with van der Waals surface area (Å²) in [6, 6.07) is 11.6. The van der Waals surface area contributed by atoms with Gasteiger partial charge in [-0.25, -0.2) is 0 Å². The molecule has 0 fully saturated rings. The third-order valence-electron chi connectivity index (χ3n) is 5.82. The summed E-state index contributed by atoms with van der Waals surface area (Å²) in [7, 11) is 0. The summed E-state index contributed by atoms with van der Waals surface area (Å²) in [6.07, 6.45) is 1.11. The third-order valence-corrected chi connectivity index (χ3v) is 6.46. The number of benzene rings is 2. The summed E-state index contributed by atoms with van der Waals surface area (Å²) in [5.41, 5.74) is 6.88. The van der Waals surface area contributed by atoms with Crippen LogP contribution in [0.5, 0.6) is 0 Å². The first kappa shape index (κ1) is 22.8. The van der Waals surface area contributed by atoms with Crippen LogP contribution in [0.15, 0.2) is 42.0 Å². The van der Waals surface area contributed by atoms with Crippen LogP contribution < -0.4 is 0 Å². The van der Waals surface area contributed by atoms with Crippen molar-refractivity contribution in [1.82, 2.24) is 4.90 Å². The Bertz CT molecular complexity index is 960. The molecule has 2 aromatic carbocycles. The van der Waals surface area contributed by atoms with Gasteiger partial charge in [-0.3, -0.25) is 9.69 Å². The first-order chi connectivity index (χ1) is 14.4. The van der Waals surface area contributed by atoms with Crippen LogP contribution in [0.25, 0.3) is 5.57 Å². The van der Waals surface area contributed by atoms with Crippen molar-refractivity contribution < 1.29 is 20.1 Å². The Hall–Kier alpha value is -1.89. The molecule has 0 spiro atoms. The molecule has 0 bridgehead atoms. The molecule has 1 aliphatic carbocycles. The van der Waals surface area contributed by atoms with Crippen LogP contribution in [0, 0.1) is 6.92 Å². The second kappa shape index (κ2) is 9.94. The number of β-amino-alcohol motifs (C(OH)–C–C–N with tert-alkyl or cyclic N) is 1. The number of aliphatic hydroxyl groups is 2. The summed E-state index contributed by atoms with van der Waals surface area (Å²) >= 11 is 12.4. The number of fused-ring (bicyclic) bond motifs is 2. The molecule has 0 radical (unpaired) electrons. The molecular weight excluding hydrogens is 425 g/mol. The fourth-order valence-corrected chi connectivity index (χ4v) is 4.66. The van der Waals surface area contributed by atoms with Crippen LogP contribution in [-0.4, -0.2) is 52.4 Å². The van der Waals surface area contributed by atoms with Crippen molar-refractivity contribution in [1.29, 1.82) is 0 Å². The summed E-state index contributed by atoms with van der Waals surface area (Å²) < 4.78 is 0. The van der Waals surface area contributed by atoms with Gasteiger partial charge in [-0.05, 0) is 71.4 Å². The first-order valence-electron chi connectivity index (χ1n) is 9.77. The van der Waals surface area contributed by atoms with Crippen molar-refractivity contribution in [2.24, 2.45) is 0 Å². The van der Waals surface area contributed by atoms with Gasteiger partial charge in [0.1, 0.15) is 0 Å². The summed E-state index contributed by atoms with van der Waals surface area (Å²) in [5.74, 6) is 0. The van der Waals surface area contributed by atoms with Gasteiger partial charge < -0.3 is 15.3 Å². The van der Waals surface area contributed by atoms with Crippen LogP contribution in [0.4, 0.5) is 0 Å². The summed E-state index contributed by atoms with van der Waals surface area (Å²) in [5, 5.41) is 29.1. The first-order valence-corrected chi connectivity index (χ1v) is 10.5. The fourth-order valence-electron chi connectivity index (χ4n) is 4.30. The molecule has 5 nitrogen and oxygen atoms in total. The Kier molecular flexibility index (Phi) is 7.55. The number of hydrogen-bond acceptors (Lipinski definition) is 4. The monoisotopic (exact) mass is 449 g/mol. The standard InChI is InChI=1S/C22H23Cl2NO2.CH2O2/c1-13-2-3-15(9-20(13)24)22(27)11-25-7-6-17-18-10-16(23)5-4-14(18)8-19(17)21(25)12-26;2-1-3/h2-5,9-10,21-22,26-27H,6-8,11-12H2,1H3;1H,(H,2,3). The molecule has 0 saturated heterocycles. The fraction of sp³-hybridized carbons (Fsp3) is 0.348. The van der Waals surface area contributed by atoms with E-state index < -0.39 is 6.10 Å². The lowest BCUT2D eigenvalue weighted by molar-refractivity contribution is -0.122. The highest BCUT2D eigenvalue weighted by Crippen LogP contribution is 2.42. The van der Waals surface area contributed by atoms with Gasteiger partial charge in [-0.15, -0.1) is 0 Å². The summed E-state index contributed by atoms with van der Waals surface area (Å²) in [6.45, 7) is 3.01. The summed E-state index contributed by atoms with van der Waals surface area (Å²) in [4.78, 5) is 10.5. The Morgan fingerprint density at radius 1 is 1.23 bits per heavy atom. The SMILES string of the molecule is Cc1ccc(C(O)CN2CCC3=C(Cc4ccc(Cl)cc43)C2CO)cc1Cl.O=CO. The van der Waals surface area contributed by atoms with E-state index in [-0.39, 0.29) is 19.1 Å². The molecule has 3 N–H and O–H groups in total. The second-order valence-corrected chi connectivity index (χ2v) is 8.40. The maximum absolute atomic E-state index is 10.7. The molecule has 30 heavy (non-hydrogen) atoms. The van der Waals surface area contributed by atoms with Gasteiger partial charge in [0.15, 0.2) is 0 Å². The predicted molar refractivity (Wildman–Crippen MR) is 119 cm³/mol. The van der Waals surface area contributed by atoms with Crippen molar-refractivity contribution in [3.8, 4) is 0 Å². The minimum Gasteiger partial charge on any atom is -0.483 e. The van der Waals surface area contributed by atoms with E-state index in [9.17, 15) is 10.2 Å². The maximum Gasteiger partial charge on any atom is 0.290 e. The number of halogens is 2. The number of aryl methyl sites for hydroxylation is 1. The number of hydrogen-bond donors (Lipinski definition) is 3. The van der Waals surface area contributed by atoms with Gasteiger partial charge in [-0.2, -0.15) is 0 Å². The average molecular weight is 450 g/mol. The van der Waals surface area contributed by atoms with Crippen molar-refractivity contribution in [2.75, 3.05) is 19.7 Å². The van der Waals surface area contributed by atoms with Crippen LogP contribution in [0.2, 0.25) is 10.0 Å². The van der Waals surface area contributed by atoms with Gasteiger partial charge in [0, 0.05) is 23.1 Å². The molecule has 0 saturated carbocycles. The highest BCUT2D eigenvalue weighted by Gasteiger charge is 2.35. The smallest absolute Gasteiger partial charge is 0.290 e. The van der Waals surface area contributed by atoms with Gasteiger partial charge >= 0.3 is 0 Å². The zero-order chi connectivity index (χ0) is 21.8. The van der Waals surface area contributed by atoms with E-state index in [1.54, 1.807) is 0 Å². The molecule has 160 valence electrons. The molecule has 0 aromatic heterocycles. The van der Waals surface area contributed by atoms with Gasteiger partial charge in [0.25, 0.3) is 6.47 Å². The number of carbonyl (C=O) groups is 1. The Morgan fingerprint density at radius 3 is 2.63 bits per heavy atom. The van der Waals surface area contributed by atoms with Crippen LogP contribution >= 0.6 is 23.2 Å².